The van der Waals surface area contributed by atoms with Gasteiger partial charge in [0, 0.05) is 6.54 Å². The Morgan fingerprint density at radius 3 is 2.95 bits per heavy atom. The fourth-order valence-electron chi connectivity index (χ4n) is 2.64. The molecule has 3 rings (SSSR count). The van der Waals surface area contributed by atoms with Gasteiger partial charge in [-0.1, -0.05) is 0 Å². The molecule has 0 radical (unpaired) electrons. The Morgan fingerprint density at radius 1 is 1.47 bits per heavy atom. The van der Waals surface area contributed by atoms with Crippen LogP contribution in [0.15, 0.2) is 16.2 Å². The highest BCUT2D eigenvalue weighted by molar-refractivity contribution is 7.71. The van der Waals surface area contributed by atoms with Crippen LogP contribution in [0.3, 0.4) is 0 Å². The van der Waals surface area contributed by atoms with Crippen molar-refractivity contribution in [2.75, 3.05) is 20.1 Å². The van der Waals surface area contributed by atoms with E-state index in [0.29, 0.717) is 10.7 Å². The lowest BCUT2D eigenvalue weighted by Crippen LogP contribution is -2.34. The van der Waals surface area contributed by atoms with E-state index in [1.54, 1.807) is 4.57 Å². The first-order valence-corrected chi connectivity index (χ1v) is 7.83. The van der Waals surface area contributed by atoms with Gasteiger partial charge in [-0.05, 0) is 62.6 Å². The van der Waals surface area contributed by atoms with Crippen LogP contribution in [-0.2, 0) is 6.54 Å². The van der Waals surface area contributed by atoms with Gasteiger partial charge in [-0.25, -0.2) is 0 Å². The van der Waals surface area contributed by atoms with Crippen molar-refractivity contribution < 1.29 is 0 Å². The number of aromatic amines is 1. The van der Waals surface area contributed by atoms with Crippen molar-refractivity contribution >= 4 is 33.8 Å². The highest BCUT2D eigenvalue weighted by atomic mass is 32.1. The molecule has 1 aliphatic rings. The SMILES string of the molecule is CN1CCC(Cn2c(=S)[nH]c3ccsc3c2=O)CC1. The summed E-state index contributed by atoms with van der Waals surface area (Å²) in [6, 6.07) is 1.91. The summed E-state index contributed by atoms with van der Waals surface area (Å²) in [5, 5.41) is 1.93. The quantitative estimate of drug-likeness (QED) is 0.865. The number of H-pyrrole nitrogens is 1. The zero-order valence-corrected chi connectivity index (χ0v) is 12.5. The molecule has 4 nitrogen and oxygen atoms in total. The van der Waals surface area contributed by atoms with Crippen LogP contribution in [-0.4, -0.2) is 34.6 Å². The molecule has 2 aromatic rings. The molecule has 19 heavy (non-hydrogen) atoms. The summed E-state index contributed by atoms with van der Waals surface area (Å²) in [6.07, 6.45) is 2.28. The molecule has 6 heteroatoms. The van der Waals surface area contributed by atoms with Gasteiger partial charge in [0.05, 0.1) is 5.52 Å². The van der Waals surface area contributed by atoms with Gasteiger partial charge in [0.1, 0.15) is 4.70 Å². The number of hydrogen-bond donors (Lipinski definition) is 1. The Bertz CT molecular complexity index is 692. The lowest BCUT2D eigenvalue weighted by Gasteiger charge is -2.29. The average molecular weight is 295 g/mol. The number of piperidine rings is 1. The minimum atomic E-state index is 0.0627. The summed E-state index contributed by atoms with van der Waals surface area (Å²) in [6.45, 7) is 2.96. The number of nitrogens with one attached hydrogen (secondary N) is 1. The summed E-state index contributed by atoms with van der Waals surface area (Å²) in [5.41, 5.74) is 0.923. The van der Waals surface area contributed by atoms with Crippen molar-refractivity contribution in [1.29, 1.82) is 0 Å². The van der Waals surface area contributed by atoms with E-state index in [0.717, 1.165) is 42.7 Å². The fourth-order valence-corrected chi connectivity index (χ4v) is 3.70. The van der Waals surface area contributed by atoms with E-state index in [4.69, 9.17) is 12.2 Å². The number of fused-ring (bicyclic) bond motifs is 1. The Balaban J connectivity index is 1.92. The number of aromatic nitrogens is 2. The van der Waals surface area contributed by atoms with Gasteiger partial charge in [-0.3, -0.25) is 9.36 Å². The Kier molecular flexibility index (Phi) is 3.56. The van der Waals surface area contributed by atoms with Gasteiger partial charge in [-0.15, -0.1) is 11.3 Å². The van der Waals surface area contributed by atoms with Crippen molar-refractivity contribution in [1.82, 2.24) is 14.5 Å². The molecule has 102 valence electrons. The maximum Gasteiger partial charge on any atom is 0.272 e. The molecule has 0 aliphatic carbocycles. The monoisotopic (exact) mass is 295 g/mol. The van der Waals surface area contributed by atoms with Crippen molar-refractivity contribution in [3.8, 4) is 0 Å². The van der Waals surface area contributed by atoms with Gasteiger partial charge in [-0.2, -0.15) is 0 Å². The van der Waals surface area contributed by atoms with E-state index < -0.39 is 0 Å². The standard InChI is InChI=1S/C13H17N3OS2/c1-15-5-2-9(3-6-15)8-16-12(17)11-10(4-7-19-11)14-13(16)18/h4,7,9H,2-3,5-6,8H2,1H3,(H,14,18). The molecule has 1 aliphatic heterocycles. The summed E-state index contributed by atoms with van der Waals surface area (Å²) in [4.78, 5) is 17.9. The third-order valence-electron chi connectivity index (χ3n) is 3.87. The second kappa shape index (κ2) is 5.19. The van der Waals surface area contributed by atoms with Gasteiger partial charge < -0.3 is 9.88 Å². The topological polar surface area (TPSA) is 41.0 Å². The van der Waals surface area contributed by atoms with Crippen molar-refractivity contribution in [3.05, 3.63) is 26.6 Å². The summed E-state index contributed by atoms with van der Waals surface area (Å²) in [5.74, 6) is 0.557. The minimum absolute atomic E-state index is 0.0627. The molecule has 1 fully saturated rings. The maximum atomic E-state index is 12.4. The predicted octanol–water partition coefficient (Wildman–Crippen LogP) is 2.46. The summed E-state index contributed by atoms with van der Waals surface area (Å²) >= 11 is 6.81. The van der Waals surface area contributed by atoms with Crippen LogP contribution in [0.5, 0.6) is 0 Å². The third kappa shape index (κ3) is 2.52. The van der Waals surface area contributed by atoms with Crippen molar-refractivity contribution in [2.24, 2.45) is 5.92 Å². The number of likely N-dealkylation sites (tertiary alicyclic amines) is 1. The normalized spacial score (nSPS) is 18.2. The molecule has 0 unspecified atom stereocenters. The second-order valence-corrected chi connectivity index (χ2v) is 6.56. The van der Waals surface area contributed by atoms with Crippen LogP contribution in [0.4, 0.5) is 0 Å². The molecular weight excluding hydrogens is 278 g/mol. The molecule has 0 aromatic carbocycles. The molecular formula is C13H17N3OS2. The van der Waals surface area contributed by atoms with Crippen LogP contribution >= 0.6 is 23.6 Å². The molecule has 0 amide bonds. The predicted molar refractivity (Wildman–Crippen MR) is 81.5 cm³/mol. The molecule has 1 N–H and O–H groups in total. The number of hydrogen-bond acceptors (Lipinski definition) is 4. The third-order valence-corrected chi connectivity index (χ3v) is 5.10. The molecule has 2 aromatic heterocycles. The molecule has 0 bridgehead atoms. The van der Waals surface area contributed by atoms with Crippen LogP contribution in [0.1, 0.15) is 12.8 Å². The fraction of sp³-hybridized carbons (Fsp3) is 0.538. The lowest BCUT2D eigenvalue weighted by atomic mass is 9.97. The van der Waals surface area contributed by atoms with Crippen LogP contribution in [0.2, 0.25) is 0 Å². The summed E-state index contributed by atoms with van der Waals surface area (Å²) < 4.78 is 3.07. The smallest absolute Gasteiger partial charge is 0.272 e. The first-order valence-electron chi connectivity index (χ1n) is 6.54. The van der Waals surface area contributed by atoms with Gasteiger partial charge in [0.15, 0.2) is 4.77 Å². The Labute approximate surface area is 120 Å². The number of nitrogens with zero attached hydrogens (tertiary/aromatic N) is 2. The van der Waals surface area contributed by atoms with E-state index in [-0.39, 0.29) is 5.56 Å². The lowest BCUT2D eigenvalue weighted by molar-refractivity contribution is 0.203. The molecule has 3 heterocycles. The Morgan fingerprint density at radius 2 is 2.21 bits per heavy atom. The van der Waals surface area contributed by atoms with E-state index in [1.807, 2.05) is 11.4 Å². The van der Waals surface area contributed by atoms with Crippen LogP contribution < -0.4 is 5.56 Å². The average Bonchev–Trinajstić information content (AvgIpc) is 2.85. The number of thiophene rings is 1. The molecule has 1 saturated heterocycles. The second-order valence-electron chi connectivity index (χ2n) is 5.26. The van der Waals surface area contributed by atoms with Crippen molar-refractivity contribution in [3.63, 3.8) is 0 Å². The van der Waals surface area contributed by atoms with E-state index in [2.05, 4.69) is 16.9 Å². The maximum absolute atomic E-state index is 12.4. The zero-order valence-electron chi connectivity index (χ0n) is 10.9. The zero-order chi connectivity index (χ0) is 13.4. The first-order chi connectivity index (χ1) is 9.15. The van der Waals surface area contributed by atoms with Crippen molar-refractivity contribution in [2.45, 2.75) is 19.4 Å². The highest BCUT2D eigenvalue weighted by Gasteiger charge is 2.18. The van der Waals surface area contributed by atoms with E-state index in [1.165, 1.54) is 11.3 Å². The molecule has 0 spiro atoms. The molecule has 0 atom stereocenters. The largest absolute Gasteiger partial charge is 0.331 e. The Hall–Kier alpha value is -0.980. The van der Waals surface area contributed by atoms with Crippen LogP contribution in [0, 0.1) is 10.7 Å². The highest BCUT2D eigenvalue weighted by Crippen LogP contribution is 2.19. The van der Waals surface area contributed by atoms with Gasteiger partial charge in [0.2, 0.25) is 0 Å². The van der Waals surface area contributed by atoms with E-state index in [9.17, 15) is 4.79 Å². The molecule has 0 saturated carbocycles. The minimum Gasteiger partial charge on any atom is -0.331 e. The summed E-state index contributed by atoms with van der Waals surface area (Å²) in [7, 11) is 2.15. The van der Waals surface area contributed by atoms with Gasteiger partial charge >= 0.3 is 0 Å². The van der Waals surface area contributed by atoms with Crippen LogP contribution in [0.25, 0.3) is 10.2 Å². The van der Waals surface area contributed by atoms with Gasteiger partial charge in [0.25, 0.3) is 5.56 Å². The first kappa shape index (κ1) is 13.0. The number of rotatable bonds is 2. The van der Waals surface area contributed by atoms with E-state index >= 15 is 0 Å².